The Labute approximate surface area is 231 Å². The first kappa shape index (κ1) is 26.8. The molecule has 1 aliphatic heterocycles. The molecular weight excluding hydrogens is 510 g/mol. The van der Waals surface area contributed by atoms with E-state index in [9.17, 15) is 14.7 Å². The fraction of sp³-hybridized carbons (Fsp3) is 0.276. The highest BCUT2D eigenvalue weighted by Crippen LogP contribution is 2.37. The largest absolute Gasteiger partial charge is 0.451 e. The van der Waals surface area contributed by atoms with Crippen LogP contribution in [0.5, 0.6) is 0 Å². The molecule has 2 aromatic carbocycles. The number of aryl methyl sites for hydroxylation is 1. The van der Waals surface area contributed by atoms with Gasteiger partial charge in [-0.15, -0.1) is 0 Å². The zero-order valence-corrected chi connectivity index (χ0v) is 22.3. The molecule has 4 N–H and O–H groups in total. The summed E-state index contributed by atoms with van der Waals surface area (Å²) in [5.74, 6) is -0.176. The van der Waals surface area contributed by atoms with Crippen LogP contribution in [-0.4, -0.2) is 49.7 Å². The molecular formula is C29H31N7O4. The fourth-order valence-electron chi connectivity index (χ4n) is 4.55. The average molecular weight is 542 g/mol. The summed E-state index contributed by atoms with van der Waals surface area (Å²) in [5.41, 5.74) is 2.28. The Morgan fingerprint density at radius 2 is 2.00 bits per heavy atom. The number of aliphatic hydroxyl groups is 1. The molecule has 1 atom stereocenters. The molecule has 0 bridgehead atoms. The van der Waals surface area contributed by atoms with Crippen LogP contribution in [0, 0.1) is 0 Å². The number of benzene rings is 2. The van der Waals surface area contributed by atoms with Crippen LogP contribution in [0.4, 0.5) is 17.5 Å². The number of nitrogens with one attached hydrogen (secondary N) is 3. The van der Waals surface area contributed by atoms with E-state index in [1.54, 1.807) is 24.7 Å². The van der Waals surface area contributed by atoms with Crippen molar-refractivity contribution in [2.75, 3.05) is 23.8 Å². The monoisotopic (exact) mass is 541 g/mol. The molecule has 5 rings (SSSR count). The normalized spacial score (nSPS) is 14.2. The number of esters is 1. The van der Waals surface area contributed by atoms with E-state index in [0.29, 0.717) is 17.8 Å². The van der Waals surface area contributed by atoms with Crippen molar-refractivity contribution in [1.82, 2.24) is 24.8 Å². The second kappa shape index (κ2) is 11.5. The van der Waals surface area contributed by atoms with E-state index < -0.39 is 11.6 Å². The van der Waals surface area contributed by atoms with Crippen molar-refractivity contribution in [3.05, 3.63) is 95.7 Å². The second-order valence-corrected chi connectivity index (χ2v) is 9.94. The van der Waals surface area contributed by atoms with Gasteiger partial charge in [-0.25, -0.2) is 14.8 Å². The molecule has 2 aromatic heterocycles. The Kier molecular flexibility index (Phi) is 7.74. The van der Waals surface area contributed by atoms with Crippen LogP contribution >= 0.6 is 0 Å². The summed E-state index contributed by atoms with van der Waals surface area (Å²) in [6.07, 6.45) is 7.48. The van der Waals surface area contributed by atoms with Crippen LogP contribution in [0.15, 0.2) is 73.4 Å². The zero-order valence-electron chi connectivity index (χ0n) is 22.3. The van der Waals surface area contributed by atoms with E-state index in [1.807, 2.05) is 61.0 Å². The highest BCUT2D eigenvalue weighted by Gasteiger charge is 2.37. The molecule has 11 heteroatoms. The third-order valence-corrected chi connectivity index (χ3v) is 6.66. The molecule has 4 aromatic rings. The van der Waals surface area contributed by atoms with Crippen molar-refractivity contribution >= 4 is 29.3 Å². The van der Waals surface area contributed by atoms with Gasteiger partial charge in [-0.2, -0.15) is 4.98 Å². The topological polar surface area (TPSA) is 143 Å². The molecule has 1 amide bonds. The molecule has 1 aliphatic rings. The summed E-state index contributed by atoms with van der Waals surface area (Å²) >= 11 is 0. The predicted octanol–water partition coefficient (Wildman–Crippen LogP) is 3.79. The molecule has 0 saturated heterocycles. The first-order valence-corrected chi connectivity index (χ1v) is 13.0. The highest BCUT2D eigenvalue weighted by atomic mass is 16.6. The van der Waals surface area contributed by atoms with Crippen molar-refractivity contribution in [3.63, 3.8) is 0 Å². The number of aromatic nitrogens is 4. The number of hydrogen-bond donors (Lipinski definition) is 4. The standard InChI is InChI=1S/C29H31N7O4/c1-29(2)23-15-20(9-10-21(23)27(39)40-29)33-28-32-16-22(26(38)31-11-6-13-36-14-12-30-18-36)25(35-28)34-24(17-37)19-7-4-3-5-8-19/h3-5,7-10,12,14-16,18,24,37H,6,11,13,17H2,1-2H3,(H,31,38)(H2,32,33,34,35)/t24-/m1/s1. The lowest BCUT2D eigenvalue weighted by molar-refractivity contribution is 0.00953. The maximum Gasteiger partial charge on any atom is 0.339 e. The zero-order chi connectivity index (χ0) is 28.1. The molecule has 206 valence electrons. The second-order valence-electron chi connectivity index (χ2n) is 9.94. The SMILES string of the molecule is CC1(C)OC(=O)c2ccc(Nc3ncc(C(=O)NCCCn4ccnc4)c(N[C@H](CO)c4ccccc4)n3)cc21. The van der Waals surface area contributed by atoms with Gasteiger partial charge in [0.2, 0.25) is 5.95 Å². The van der Waals surface area contributed by atoms with Crippen molar-refractivity contribution in [1.29, 1.82) is 0 Å². The summed E-state index contributed by atoms with van der Waals surface area (Å²) < 4.78 is 7.41. The van der Waals surface area contributed by atoms with E-state index in [-0.39, 0.29) is 35.8 Å². The van der Waals surface area contributed by atoms with Gasteiger partial charge in [-0.3, -0.25) is 4.79 Å². The van der Waals surface area contributed by atoms with Gasteiger partial charge in [-0.05, 0) is 44.0 Å². The third-order valence-electron chi connectivity index (χ3n) is 6.66. The molecule has 0 unspecified atom stereocenters. The Balaban J connectivity index is 1.38. The summed E-state index contributed by atoms with van der Waals surface area (Å²) in [4.78, 5) is 38.3. The molecule has 0 aliphatic carbocycles. The average Bonchev–Trinajstić information content (AvgIpc) is 3.55. The molecule has 11 nitrogen and oxygen atoms in total. The van der Waals surface area contributed by atoms with Crippen molar-refractivity contribution in [3.8, 4) is 0 Å². The van der Waals surface area contributed by atoms with Gasteiger partial charge in [0.25, 0.3) is 5.91 Å². The number of fused-ring (bicyclic) bond motifs is 1. The Hall–Kier alpha value is -4.77. The quantitative estimate of drug-likeness (QED) is 0.165. The van der Waals surface area contributed by atoms with E-state index >= 15 is 0 Å². The lowest BCUT2D eigenvalue weighted by atomic mass is 9.95. The summed E-state index contributed by atoms with van der Waals surface area (Å²) in [5, 5.41) is 19.4. The van der Waals surface area contributed by atoms with Gasteiger partial charge in [0.1, 0.15) is 17.0 Å². The minimum absolute atomic E-state index is 0.212. The van der Waals surface area contributed by atoms with Gasteiger partial charge in [0.15, 0.2) is 0 Å². The smallest absolute Gasteiger partial charge is 0.339 e. The van der Waals surface area contributed by atoms with E-state index in [2.05, 4.69) is 30.9 Å². The first-order valence-electron chi connectivity index (χ1n) is 13.0. The van der Waals surface area contributed by atoms with Crippen LogP contribution in [0.2, 0.25) is 0 Å². The molecule has 3 heterocycles. The minimum atomic E-state index is -0.748. The molecule has 40 heavy (non-hydrogen) atoms. The maximum absolute atomic E-state index is 13.2. The van der Waals surface area contributed by atoms with Crippen molar-refractivity contribution < 1.29 is 19.4 Å². The van der Waals surface area contributed by atoms with E-state index in [0.717, 1.165) is 24.1 Å². The van der Waals surface area contributed by atoms with Crippen LogP contribution in [0.3, 0.4) is 0 Å². The molecule has 0 fully saturated rings. The maximum atomic E-state index is 13.2. The third kappa shape index (κ3) is 5.94. The van der Waals surface area contributed by atoms with Crippen LogP contribution in [0.25, 0.3) is 0 Å². The number of carbonyl (C=O) groups is 2. The lowest BCUT2D eigenvalue weighted by Crippen LogP contribution is -2.27. The van der Waals surface area contributed by atoms with Crippen LogP contribution in [0.1, 0.15) is 58.2 Å². The van der Waals surface area contributed by atoms with E-state index in [1.165, 1.54) is 6.20 Å². The summed E-state index contributed by atoms with van der Waals surface area (Å²) in [6, 6.07) is 14.2. The number of cyclic esters (lactones) is 1. The number of carbonyl (C=O) groups excluding carboxylic acids is 2. The van der Waals surface area contributed by atoms with Crippen molar-refractivity contribution in [2.45, 2.75) is 38.5 Å². The van der Waals surface area contributed by atoms with Crippen LogP contribution in [-0.2, 0) is 16.9 Å². The number of hydrogen-bond acceptors (Lipinski definition) is 9. The van der Waals surface area contributed by atoms with E-state index in [4.69, 9.17) is 4.74 Å². The number of rotatable bonds is 11. The molecule has 0 saturated carbocycles. The number of imidazole rings is 1. The Morgan fingerprint density at radius 3 is 2.75 bits per heavy atom. The van der Waals surface area contributed by atoms with Gasteiger partial charge >= 0.3 is 5.97 Å². The number of nitrogens with zero attached hydrogens (tertiary/aromatic N) is 4. The first-order chi connectivity index (χ1) is 19.3. The fourth-order valence-corrected chi connectivity index (χ4v) is 4.55. The van der Waals surface area contributed by atoms with Crippen molar-refractivity contribution in [2.24, 2.45) is 0 Å². The minimum Gasteiger partial charge on any atom is -0.451 e. The Morgan fingerprint density at radius 1 is 1.18 bits per heavy atom. The molecule has 0 radical (unpaired) electrons. The number of anilines is 3. The molecule has 0 spiro atoms. The van der Waals surface area contributed by atoms with Gasteiger partial charge < -0.3 is 30.4 Å². The van der Waals surface area contributed by atoms with Gasteiger partial charge in [0.05, 0.1) is 24.5 Å². The van der Waals surface area contributed by atoms with Gasteiger partial charge in [-0.1, -0.05) is 30.3 Å². The summed E-state index contributed by atoms with van der Waals surface area (Å²) in [6.45, 7) is 4.63. The van der Waals surface area contributed by atoms with Crippen LogP contribution < -0.4 is 16.0 Å². The summed E-state index contributed by atoms with van der Waals surface area (Å²) in [7, 11) is 0. The number of ether oxygens (including phenoxy) is 1. The number of aliphatic hydroxyl groups excluding tert-OH is 1. The highest BCUT2D eigenvalue weighted by molar-refractivity contribution is 5.99. The lowest BCUT2D eigenvalue weighted by Gasteiger charge is -2.20. The predicted molar refractivity (Wildman–Crippen MR) is 149 cm³/mol. The Bertz CT molecular complexity index is 1490. The number of amides is 1. The van der Waals surface area contributed by atoms with Gasteiger partial charge in [0, 0.05) is 42.9 Å².